The van der Waals surface area contributed by atoms with Crippen LogP contribution in [0.4, 0.5) is 0 Å². The molecule has 3 heterocycles. The normalized spacial score (nSPS) is 15.6. The van der Waals surface area contributed by atoms with Gasteiger partial charge in [-0.05, 0) is 34.4 Å². The summed E-state index contributed by atoms with van der Waals surface area (Å²) in [5, 5.41) is 9.18. The van der Waals surface area contributed by atoms with Crippen molar-refractivity contribution < 1.29 is 0 Å². The summed E-state index contributed by atoms with van der Waals surface area (Å²) in [6, 6.07) is 0.401. The van der Waals surface area contributed by atoms with Crippen LogP contribution in [-0.2, 0) is 33.1 Å². The quantitative estimate of drug-likeness (QED) is 0.844. The average molecular weight is 316 g/mol. The third-order valence-electron chi connectivity index (χ3n) is 4.37. The van der Waals surface area contributed by atoms with E-state index in [1.54, 1.807) is 0 Å². The van der Waals surface area contributed by atoms with Crippen molar-refractivity contribution in [3.8, 4) is 0 Å². The molecule has 0 unspecified atom stereocenters. The van der Waals surface area contributed by atoms with E-state index in [1.165, 1.54) is 22.5 Å². The molecule has 2 aromatic rings. The van der Waals surface area contributed by atoms with Gasteiger partial charge in [-0.25, -0.2) is 0 Å². The van der Waals surface area contributed by atoms with Crippen molar-refractivity contribution in [2.45, 2.75) is 45.9 Å². The monoisotopic (exact) mass is 316 g/mol. The molecule has 23 heavy (non-hydrogen) atoms. The molecule has 6 heteroatoms. The number of fused-ring (bicyclic) bond motifs is 1. The van der Waals surface area contributed by atoms with Crippen LogP contribution in [0.3, 0.4) is 0 Å². The number of hydrogen-bond acceptors (Lipinski definition) is 4. The number of hydrogen-bond donors (Lipinski definition) is 0. The second-order valence-corrected chi connectivity index (χ2v) is 7.13. The summed E-state index contributed by atoms with van der Waals surface area (Å²) in [5.74, 6) is 0. The van der Waals surface area contributed by atoms with E-state index in [-0.39, 0.29) is 0 Å². The first kappa shape index (κ1) is 16.2. The van der Waals surface area contributed by atoms with Gasteiger partial charge in [0.25, 0.3) is 0 Å². The van der Waals surface area contributed by atoms with Crippen LogP contribution in [0.2, 0.25) is 0 Å². The predicted molar refractivity (Wildman–Crippen MR) is 91.0 cm³/mol. The Morgan fingerprint density at radius 3 is 2.70 bits per heavy atom. The van der Waals surface area contributed by atoms with Gasteiger partial charge < -0.3 is 4.90 Å². The second kappa shape index (κ2) is 6.45. The number of aryl methyl sites for hydroxylation is 1. The smallest absolute Gasteiger partial charge is 0.0800 e. The summed E-state index contributed by atoms with van der Waals surface area (Å²) in [6.07, 6.45) is 5.16. The van der Waals surface area contributed by atoms with Crippen molar-refractivity contribution in [2.24, 2.45) is 7.05 Å². The van der Waals surface area contributed by atoms with Crippen molar-refractivity contribution in [1.29, 1.82) is 0 Å². The lowest BCUT2D eigenvalue weighted by Gasteiger charge is -2.28. The van der Waals surface area contributed by atoms with Crippen LogP contribution in [0.1, 0.15) is 42.4 Å². The van der Waals surface area contributed by atoms with Gasteiger partial charge in [0.15, 0.2) is 0 Å². The van der Waals surface area contributed by atoms with Gasteiger partial charge >= 0.3 is 0 Å². The van der Waals surface area contributed by atoms with Crippen LogP contribution in [0, 0.1) is 0 Å². The first-order chi connectivity index (χ1) is 10.9. The number of aromatic nitrogens is 4. The zero-order valence-electron chi connectivity index (χ0n) is 15.0. The Morgan fingerprint density at radius 1 is 1.30 bits per heavy atom. The summed E-state index contributed by atoms with van der Waals surface area (Å²) >= 11 is 0. The molecule has 6 nitrogen and oxygen atoms in total. The first-order valence-electron chi connectivity index (χ1n) is 8.37. The van der Waals surface area contributed by atoms with E-state index >= 15 is 0 Å². The Morgan fingerprint density at radius 2 is 2.09 bits per heavy atom. The molecule has 0 N–H and O–H groups in total. The molecule has 3 rings (SSSR count). The van der Waals surface area contributed by atoms with Gasteiger partial charge in [-0.15, -0.1) is 0 Å². The molecule has 126 valence electrons. The minimum Gasteiger partial charge on any atom is -0.303 e. The van der Waals surface area contributed by atoms with E-state index in [1.807, 2.05) is 17.9 Å². The van der Waals surface area contributed by atoms with E-state index in [2.05, 4.69) is 53.7 Å². The Kier molecular flexibility index (Phi) is 4.55. The minimum atomic E-state index is 0.401. The Balaban J connectivity index is 1.82. The molecular weight excluding hydrogens is 288 g/mol. The van der Waals surface area contributed by atoms with Crippen LogP contribution in [-0.4, -0.2) is 50.0 Å². The van der Waals surface area contributed by atoms with E-state index in [0.717, 1.165) is 32.6 Å². The summed E-state index contributed by atoms with van der Waals surface area (Å²) in [7, 11) is 6.19. The van der Waals surface area contributed by atoms with E-state index in [9.17, 15) is 0 Å². The van der Waals surface area contributed by atoms with Crippen molar-refractivity contribution >= 4 is 0 Å². The van der Waals surface area contributed by atoms with Crippen LogP contribution >= 0.6 is 0 Å². The van der Waals surface area contributed by atoms with Crippen LogP contribution in [0.25, 0.3) is 0 Å². The summed E-state index contributed by atoms with van der Waals surface area (Å²) < 4.78 is 4.10. The average Bonchev–Trinajstić information content (AvgIpc) is 3.03. The van der Waals surface area contributed by atoms with Gasteiger partial charge in [-0.2, -0.15) is 10.2 Å². The van der Waals surface area contributed by atoms with Crippen LogP contribution < -0.4 is 0 Å². The van der Waals surface area contributed by atoms with Crippen LogP contribution in [0.15, 0.2) is 12.4 Å². The van der Waals surface area contributed by atoms with Gasteiger partial charge in [-0.1, -0.05) is 0 Å². The van der Waals surface area contributed by atoms with Crippen molar-refractivity contribution in [3.63, 3.8) is 0 Å². The number of nitrogens with zero attached hydrogens (tertiary/aromatic N) is 6. The molecule has 0 amide bonds. The highest BCUT2D eigenvalue weighted by Gasteiger charge is 2.26. The first-order valence-corrected chi connectivity index (χ1v) is 8.37. The van der Waals surface area contributed by atoms with Crippen LogP contribution in [0.5, 0.6) is 0 Å². The largest absolute Gasteiger partial charge is 0.303 e. The molecule has 2 aromatic heterocycles. The van der Waals surface area contributed by atoms with Gasteiger partial charge in [0.2, 0.25) is 0 Å². The molecule has 1 aliphatic heterocycles. The van der Waals surface area contributed by atoms with Crippen molar-refractivity contribution in [3.05, 3.63) is 34.9 Å². The highest BCUT2D eigenvalue weighted by atomic mass is 15.3. The molecular formula is C17H28N6. The summed E-state index contributed by atoms with van der Waals surface area (Å²) in [5.41, 5.74) is 5.39. The fraction of sp³-hybridized carbons (Fsp3) is 0.647. The molecule has 0 aliphatic carbocycles. The second-order valence-electron chi connectivity index (χ2n) is 7.13. The maximum absolute atomic E-state index is 4.91. The fourth-order valence-electron chi connectivity index (χ4n) is 3.37. The number of rotatable bonds is 5. The highest BCUT2D eigenvalue weighted by molar-refractivity contribution is 5.29. The Labute approximate surface area is 138 Å². The Hall–Kier alpha value is -1.66. The van der Waals surface area contributed by atoms with Gasteiger partial charge in [0.1, 0.15) is 0 Å². The third kappa shape index (κ3) is 3.48. The molecule has 1 aliphatic rings. The van der Waals surface area contributed by atoms with E-state index in [4.69, 9.17) is 5.10 Å². The molecule has 0 saturated heterocycles. The summed E-state index contributed by atoms with van der Waals surface area (Å²) in [6.45, 7) is 8.37. The van der Waals surface area contributed by atoms with Crippen molar-refractivity contribution in [2.75, 3.05) is 20.6 Å². The fourth-order valence-corrected chi connectivity index (χ4v) is 3.37. The maximum Gasteiger partial charge on any atom is 0.0800 e. The van der Waals surface area contributed by atoms with Gasteiger partial charge in [0, 0.05) is 56.6 Å². The molecule has 0 spiro atoms. The van der Waals surface area contributed by atoms with E-state index < -0.39 is 0 Å². The van der Waals surface area contributed by atoms with E-state index in [0.29, 0.717) is 6.04 Å². The lowest BCUT2D eigenvalue weighted by molar-refractivity contribution is 0.234. The third-order valence-corrected chi connectivity index (χ3v) is 4.37. The zero-order valence-corrected chi connectivity index (χ0v) is 15.0. The SMILES string of the molecule is CC(C)n1nc(CN(C)C)c2c1CN(Cc1cnn(C)c1)CC2. The van der Waals surface area contributed by atoms with Gasteiger partial charge in [0.05, 0.1) is 17.6 Å². The zero-order chi connectivity index (χ0) is 16.6. The lowest BCUT2D eigenvalue weighted by Crippen LogP contribution is -2.31. The molecule has 0 fully saturated rings. The summed E-state index contributed by atoms with van der Waals surface area (Å²) in [4.78, 5) is 4.70. The molecule has 0 saturated carbocycles. The Bertz CT molecular complexity index is 667. The molecule has 0 radical (unpaired) electrons. The topological polar surface area (TPSA) is 42.1 Å². The predicted octanol–water partition coefficient (Wildman–Crippen LogP) is 1.82. The lowest BCUT2D eigenvalue weighted by atomic mass is 10.0. The minimum absolute atomic E-state index is 0.401. The highest BCUT2D eigenvalue weighted by Crippen LogP contribution is 2.26. The molecule has 0 atom stereocenters. The van der Waals surface area contributed by atoms with Gasteiger partial charge in [-0.3, -0.25) is 14.3 Å². The molecule has 0 aromatic carbocycles. The standard InChI is InChI=1S/C17H28N6/c1-13(2)23-17-12-22(10-14-8-18-21(5)9-14)7-6-15(17)16(19-23)11-20(3)4/h8-9,13H,6-7,10-12H2,1-5H3. The van der Waals surface area contributed by atoms with Crippen molar-refractivity contribution in [1.82, 2.24) is 29.4 Å². The maximum atomic E-state index is 4.91. The molecule has 0 bridgehead atoms.